The molecule has 0 N–H and O–H groups in total. The third-order valence-corrected chi connectivity index (χ3v) is 6.25. The van der Waals surface area contributed by atoms with E-state index >= 15 is 0 Å². The number of pyridine rings is 1. The number of nitro groups is 1. The quantitative estimate of drug-likeness (QED) is 0.584. The zero-order chi connectivity index (χ0) is 20.1. The molecule has 3 aliphatic heterocycles. The van der Waals surface area contributed by atoms with Crippen LogP contribution in [0.15, 0.2) is 35.1 Å². The normalized spacial score (nSPS) is 21.9. The van der Waals surface area contributed by atoms with Crippen molar-refractivity contribution in [1.82, 2.24) is 9.47 Å². The van der Waals surface area contributed by atoms with Crippen molar-refractivity contribution < 1.29 is 14.5 Å². The maximum atomic E-state index is 12.9. The number of benzene rings is 1. The van der Waals surface area contributed by atoms with Gasteiger partial charge in [-0.15, -0.1) is 0 Å². The summed E-state index contributed by atoms with van der Waals surface area (Å²) in [5.41, 5.74) is 1.99. The summed E-state index contributed by atoms with van der Waals surface area (Å²) >= 11 is 0. The van der Waals surface area contributed by atoms with Gasteiger partial charge in [0.05, 0.1) is 18.0 Å². The molecule has 1 aromatic heterocycles. The second-order valence-corrected chi connectivity index (χ2v) is 8.13. The molecule has 29 heavy (non-hydrogen) atoms. The molecule has 0 radical (unpaired) electrons. The molecule has 2 bridgehead atoms. The van der Waals surface area contributed by atoms with Gasteiger partial charge in [0.1, 0.15) is 5.75 Å². The number of carbonyl (C=O) groups excluding carboxylic acids is 1. The Morgan fingerprint density at radius 3 is 2.90 bits per heavy atom. The Labute approximate surface area is 166 Å². The molecule has 5 rings (SSSR count). The molecular weight excluding hydrogens is 374 g/mol. The number of hydrogen-bond donors (Lipinski definition) is 0. The van der Waals surface area contributed by atoms with E-state index in [1.807, 2.05) is 23.1 Å². The predicted octanol–water partition coefficient (Wildman–Crippen LogP) is 1.88. The lowest BCUT2D eigenvalue weighted by Crippen LogP contribution is -2.49. The first-order chi connectivity index (χ1) is 14.0. The fraction of sp³-hybridized carbons (Fsp3) is 0.429. The van der Waals surface area contributed by atoms with Crippen molar-refractivity contribution in [2.75, 3.05) is 19.7 Å². The topological polar surface area (TPSA) is 94.7 Å². The van der Waals surface area contributed by atoms with E-state index in [0.29, 0.717) is 32.7 Å². The molecule has 0 spiro atoms. The van der Waals surface area contributed by atoms with Crippen LogP contribution in [0, 0.1) is 16.0 Å². The van der Waals surface area contributed by atoms with Gasteiger partial charge in [-0.2, -0.15) is 0 Å². The molecular formula is C21H21N3O5. The van der Waals surface area contributed by atoms with E-state index in [4.69, 9.17) is 4.74 Å². The summed E-state index contributed by atoms with van der Waals surface area (Å²) in [6.45, 7) is 2.22. The first kappa shape index (κ1) is 17.9. The fourth-order valence-corrected chi connectivity index (χ4v) is 4.88. The minimum absolute atomic E-state index is 0.0308. The number of rotatable bonds is 3. The first-order valence-corrected chi connectivity index (χ1v) is 9.90. The summed E-state index contributed by atoms with van der Waals surface area (Å²) in [6.07, 6.45) is 2.13. The zero-order valence-corrected chi connectivity index (χ0v) is 15.9. The third kappa shape index (κ3) is 3.08. The van der Waals surface area contributed by atoms with Crippen LogP contribution in [0.25, 0.3) is 0 Å². The largest absolute Gasteiger partial charge is 0.493 e. The monoisotopic (exact) mass is 395 g/mol. The van der Waals surface area contributed by atoms with Crippen molar-refractivity contribution in [1.29, 1.82) is 0 Å². The van der Waals surface area contributed by atoms with Gasteiger partial charge in [0.2, 0.25) is 5.91 Å². The number of aromatic nitrogens is 1. The Morgan fingerprint density at radius 2 is 2.07 bits per heavy atom. The lowest BCUT2D eigenvalue weighted by molar-refractivity contribution is -0.386. The predicted molar refractivity (Wildman–Crippen MR) is 104 cm³/mol. The second kappa shape index (κ2) is 6.72. The Morgan fingerprint density at radius 1 is 1.21 bits per heavy atom. The highest BCUT2D eigenvalue weighted by Crippen LogP contribution is 2.36. The standard InChI is InChI=1S/C21H21N3O5/c25-20(9-13-1-2-15-5-6-29-19(15)8-13)22-10-14-7-16(12-22)17-3-4-18(24(27)28)21(26)23(17)11-14/h1-4,8,14,16H,5-7,9-12H2/t14-,16+/m1/s1. The molecule has 2 aromatic rings. The zero-order valence-electron chi connectivity index (χ0n) is 15.9. The highest BCUT2D eigenvalue weighted by molar-refractivity contribution is 5.79. The van der Waals surface area contributed by atoms with E-state index in [-0.39, 0.29) is 23.4 Å². The van der Waals surface area contributed by atoms with Crippen LogP contribution >= 0.6 is 0 Å². The van der Waals surface area contributed by atoms with E-state index in [0.717, 1.165) is 29.8 Å². The van der Waals surface area contributed by atoms with Gasteiger partial charge in [0.15, 0.2) is 0 Å². The van der Waals surface area contributed by atoms with Gasteiger partial charge < -0.3 is 14.2 Å². The van der Waals surface area contributed by atoms with Crippen molar-refractivity contribution in [3.05, 3.63) is 67.6 Å². The van der Waals surface area contributed by atoms with Crippen LogP contribution in [0.2, 0.25) is 0 Å². The van der Waals surface area contributed by atoms with Gasteiger partial charge in [0, 0.05) is 43.7 Å². The lowest BCUT2D eigenvalue weighted by Gasteiger charge is -2.42. The molecule has 8 heteroatoms. The lowest BCUT2D eigenvalue weighted by atomic mass is 9.83. The van der Waals surface area contributed by atoms with Gasteiger partial charge in [-0.3, -0.25) is 19.7 Å². The number of nitrogens with zero attached hydrogens (tertiary/aromatic N) is 3. The van der Waals surface area contributed by atoms with Crippen molar-refractivity contribution >= 4 is 11.6 Å². The number of fused-ring (bicyclic) bond motifs is 5. The van der Waals surface area contributed by atoms with Crippen LogP contribution in [-0.4, -0.2) is 40.0 Å². The van der Waals surface area contributed by atoms with Crippen LogP contribution in [-0.2, 0) is 24.2 Å². The number of carbonyl (C=O) groups is 1. The molecule has 1 amide bonds. The van der Waals surface area contributed by atoms with Crippen LogP contribution in [0.4, 0.5) is 5.69 Å². The number of amides is 1. The van der Waals surface area contributed by atoms with E-state index in [1.165, 1.54) is 16.2 Å². The number of ether oxygens (including phenoxy) is 1. The Balaban J connectivity index is 1.35. The van der Waals surface area contributed by atoms with Crippen LogP contribution < -0.4 is 10.3 Å². The summed E-state index contributed by atoms with van der Waals surface area (Å²) in [5, 5.41) is 11.1. The maximum Gasteiger partial charge on any atom is 0.334 e. The Kier molecular flexibility index (Phi) is 4.15. The first-order valence-electron chi connectivity index (χ1n) is 9.90. The van der Waals surface area contributed by atoms with Crippen molar-refractivity contribution in [2.45, 2.75) is 31.7 Å². The van der Waals surface area contributed by atoms with E-state index in [1.54, 1.807) is 6.07 Å². The molecule has 0 saturated carbocycles. The molecule has 1 aromatic carbocycles. The van der Waals surface area contributed by atoms with Crippen molar-refractivity contribution in [2.24, 2.45) is 5.92 Å². The molecule has 1 saturated heterocycles. The van der Waals surface area contributed by atoms with Crippen molar-refractivity contribution in [3.8, 4) is 5.75 Å². The number of piperidine rings is 1. The summed E-state index contributed by atoms with van der Waals surface area (Å²) in [7, 11) is 0. The SMILES string of the molecule is O=C(Cc1ccc2c(c1)OCC2)N1C[C@H]2C[C@@H](C1)c1ccc([N+](=O)[O-])c(=O)n1C2. The van der Waals surface area contributed by atoms with Gasteiger partial charge in [0.25, 0.3) is 0 Å². The van der Waals surface area contributed by atoms with Crippen LogP contribution in [0.5, 0.6) is 5.75 Å². The maximum absolute atomic E-state index is 12.9. The van der Waals surface area contributed by atoms with Gasteiger partial charge in [-0.05, 0) is 35.6 Å². The molecule has 1 fully saturated rings. The molecule has 4 heterocycles. The Hall–Kier alpha value is -3.16. The third-order valence-electron chi connectivity index (χ3n) is 6.25. The van der Waals surface area contributed by atoms with Gasteiger partial charge in [-0.25, -0.2) is 0 Å². The summed E-state index contributed by atoms with van der Waals surface area (Å²) in [5.74, 6) is 1.10. The summed E-state index contributed by atoms with van der Waals surface area (Å²) < 4.78 is 7.14. The van der Waals surface area contributed by atoms with E-state index in [2.05, 4.69) is 0 Å². The van der Waals surface area contributed by atoms with Crippen LogP contribution in [0.1, 0.15) is 29.2 Å². The minimum Gasteiger partial charge on any atom is -0.493 e. The number of hydrogen-bond acceptors (Lipinski definition) is 5. The summed E-state index contributed by atoms with van der Waals surface area (Å²) in [6, 6.07) is 8.95. The molecule has 8 nitrogen and oxygen atoms in total. The van der Waals surface area contributed by atoms with Gasteiger partial charge >= 0.3 is 11.2 Å². The van der Waals surface area contributed by atoms with Crippen molar-refractivity contribution in [3.63, 3.8) is 0 Å². The van der Waals surface area contributed by atoms with E-state index in [9.17, 15) is 19.7 Å². The van der Waals surface area contributed by atoms with Gasteiger partial charge in [-0.1, -0.05) is 12.1 Å². The molecule has 0 unspecified atom stereocenters. The molecule has 2 atom stereocenters. The second-order valence-electron chi connectivity index (χ2n) is 8.13. The molecule has 0 aliphatic carbocycles. The Bertz CT molecular complexity index is 1080. The van der Waals surface area contributed by atoms with E-state index < -0.39 is 10.5 Å². The highest BCUT2D eigenvalue weighted by atomic mass is 16.6. The molecule has 150 valence electrons. The smallest absolute Gasteiger partial charge is 0.334 e. The highest BCUT2D eigenvalue weighted by Gasteiger charge is 2.37. The average Bonchev–Trinajstić information content (AvgIpc) is 3.16. The number of likely N-dealkylation sites (tertiary alicyclic amines) is 1. The fourth-order valence-electron chi connectivity index (χ4n) is 4.88. The summed E-state index contributed by atoms with van der Waals surface area (Å²) in [4.78, 5) is 37.7. The molecule has 3 aliphatic rings. The van der Waals surface area contributed by atoms with Crippen LogP contribution in [0.3, 0.4) is 0 Å². The average molecular weight is 395 g/mol. The minimum atomic E-state index is -0.629.